The van der Waals surface area contributed by atoms with Gasteiger partial charge in [-0.3, -0.25) is 9.69 Å². The van der Waals surface area contributed by atoms with Gasteiger partial charge in [-0.15, -0.1) is 0 Å². The van der Waals surface area contributed by atoms with E-state index in [9.17, 15) is 9.18 Å². The van der Waals surface area contributed by atoms with E-state index in [0.717, 1.165) is 43.0 Å². The van der Waals surface area contributed by atoms with Crippen LogP contribution < -0.4 is 10.1 Å². The number of carbonyl (C=O) groups excluding carboxylic acids is 1. The van der Waals surface area contributed by atoms with Crippen LogP contribution in [0.15, 0.2) is 60.1 Å². The van der Waals surface area contributed by atoms with Crippen molar-refractivity contribution in [3.63, 3.8) is 0 Å². The van der Waals surface area contributed by atoms with Crippen LogP contribution in [0.3, 0.4) is 0 Å². The van der Waals surface area contributed by atoms with E-state index in [1.54, 1.807) is 17.0 Å². The summed E-state index contributed by atoms with van der Waals surface area (Å²) in [6.07, 6.45) is 10.5. The monoisotopic (exact) mass is 409 g/mol. The van der Waals surface area contributed by atoms with Gasteiger partial charge in [-0.05, 0) is 54.7 Å². The number of nitrogens with one attached hydrogen (secondary N) is 1. The Kier molecular flexibility index (Phi) is 5.77. The highest BCUT2D eigenvalue weighted by atomic mass is 19.1. The molecule has 3 heterocycles. The molecule has 30 heavy (non-hydrogen) atoms. The van der Waals surface area contributed by atoms with Gasteiger partial charge in [-0.1, -0.05) is 19.1 Å². The van der Waals surface area contributed by atoms with Crippen molar-refractivity contribution in [2.75, 3.05) is 26.7 Å². The third-order valence-electron chi connectivity index (χ3n) is 5.91. The van der Waals surface area contributed by atoms with Crippen molar-refractivity contribution in [3.8, 4) is 5.75 Å². The van der Waals surface area contributed by atoms with Crippen molar-refractivity contribution in [1.29, 1.82) is 0 Å². The Labute approximate surface area is 177 Å². The Hall–Kier alpha value is -2.86. The van der Waals surface area contributed by atoms with Crippen molar-refractivity contribution in [3.05, 3.63) is 71.5 Å². The van der Waals surface area contributed by atoms with Crippen LogP contribution in [0.1, 0.15) is 25.8 Å². The lowest BCUT2D eigenvalue weighted by molar-refractivity contribution is -0.122. The summed E-state index contributed by atoms with van der Waals surface area (Å²) in [4.78, 5) is 17.2. The number of ether oxygens (including phenoxy) is 1. The van der Waals surface area contributed by atoms with Gasteiger partial charge in [0.2, 0.25) is 0 Å². The minimum Gasteiger partial charge on any atom is -0.494 e. The summed E-state index contributed by atoms with van der Waals surface area (Å²) >= 11 is 0. The number of benzene rings is 1. The first-order valence-electron chi connectivity index (χ1n) is 10.4. The topological polar surface area (TPSA) is 44.8 Å². The predicted molar refractivity (Wildman–Crippen MR) is 116 cm³/mol. The number of rotatable bonds is 3. The second kappa shape index (κ2) is 8.48. The SMILES string of the molecule is COc1ccc(C2=CC(=O)N3C=C(N4CCNC(C)C4)C=CC3=CCC2C)cc1F. The summed E-state index contributed by atoms with van der Waals surface area (Å²) in [5.41, 5.74) is 3.46. The van der Waals surface area contributed by atoms with Gasteiger partial charge in [0.1, 0.15) is 0 Å². The molecule has 2 unspecified atom stereocenters. The molecule has 1 aromatic carbocycles. The smallest absolute Gasteiger partial charge is 0.255 e. The van der Waals surface area contributed by atoms with Crippen LogP contribution in [0, 0.1) is 11.7 Å². The number of amides is 1. The highest BCUT2D eigenvalue weighted by Crippen LogP contribution is 2.33. The Morgan fingerprint density at radius 1 is 1.20 bits per heavy atom. The number of piperazine rings is 1. The molecule has 1 fully saturated rings. The van der Waals surface area contributed by atoms with E-state index in [-0.39, 0.29) is 17.6 Å². The zero-order chi connectivity index (χ0) is 21.3. The molecule has 1 aromatic rings. The van der Waals surface area contributed by atoms with E-state index in [4.69, 9.17) is 4.74 Å². The van der Waals surface area contributed by atoms with Crippen LogP contribution in [0.4, 0.5) is 4.39 Å². The molecular weight excluding hydrogens is 381 g/mol. The number of carbonyl (C=O) groups is 1. The molecule has 0 aromatic heterocycles. The number of hydrogen-bond acceptors (Lipinski definition) is 4. The van der Waals surface area contributed by atoms with Crippen LogP contribution >= 0.6 is 0 Å². The molecule has 5 nitrogen and oxygen atoms in total. The highest BCUT2D eigenvalue weighted by molar-refractivity contribution is 5.98. The molecule has 2 atom stereocenters. The minimum absolute atomic E-state index is 0.0872. The van der Waals surface area contributed by atoms with Gasteiger partial charge in [-0.2, -0.15) is 0 Å². The standard InChI is InChI=1S/C24H28FN3O2/c1-16-4-6-19-7-8-20(27-11-10-26-17(2)14-27)15-28(19)24(29)13-21(16)18-5-9-23(30-3)22(25)12-18/h5-9,12-13,15-17,26H,4,10-11,14H2,1-3H3. The van der Waals surface area contributed by atoms with Crippen LogP contribution in [0.25, 0.3) is 5.57 Å². The van der Waals surface area contributed by atoms with Gasteiger partial charge in [0.25, 0.3) is 5.91 Å². The molecule has 4 rings (SSSR count). The molecule has 6 heteroatoms. The van der Waals surface area contributed by atoms with Gasteiger partial charge < -0.3 is 15.0 Å². The van der Waals surface area contributed by atoms with E-state index >= 15 is 0 Å². The fraction of sp³-hybridized carbons (Fsp3) is 0.375. The fourth-order valence-corrected chi connectivity index (χ4v) is 4.20. The van der Waals surface area contributed by atoms with E-state index in [1.165, 1.54) is 13.2 Å². The summed E-state index contributed by atoms with van der Waals surface area (Å²) in [7, 11) is 1.44. The van der Waals surface area contributed by atoms with Crippen LogP contribution in [-0.4, -0.2) is 48.5 Å². The molecular formula is C24H28FN3O2. The van der Waals surface area contributed by atoms with Crippen molar-refractivity contribution in [1.82, 2.24) is 15.1 Å². The lowest BCUT2D eigenvalue weighted by atomic mass is 9.89. The molecule has 0 radical (unpaired) electrons. The number of nitrogens with zero attached hydrogens (tertiary/aromatic N) is 2. The maximum atomic E-state index is 14.3. The van der Waals surface area contributed by atoms with Gasteiger partial charge in [0, 0.05) is 43.6 Å². The highest BCUT2D eigenvalue weighted by Gasteiger charge is 2.25. The second-order valence-corrected chi connectivity index (χ2v) is 8.11. The van der Waals surface area contributed by atoms with E-state index in [0.29, 0.717) is 11.6 Å². The molecule has 3 aliphatic heterocycles. The average molecular weight is 410 g/mol. The summed E-state index contributed by atoms with van der Waals surface area (Å²) in [5.74, 6) is -0.261. The van der Waals surface area contributed by atoms with Crippen molar-refractivity contribution in [2.45, 2.75) is 26.3 Å². The Bertz CT molecular complexity index is 963. The van der Waals surface area contributed by atoms with Crippen LogP contribution in [-0.2, 0) is 4.79 Å². The Morgan fingerprint density at radius 3 is 2.73 bits per heavy atom. The number of methoxy groups -OCH3 is 1. The Balaban J connectivity index is 1.65. The van der Waals surface area contributed by atoms with E-state index in [1.807, 2.05) is 18.3 Å². The number of allylic oxidation sites excluding steroid dienone is 4. The molecule has 3 aliphatic rings. The summed E-state index contributed by atoms with van der Waals surface area (Å²) in [5, 5.41) is 3.44. The molecule has 1 saturated heterocycles. The number of halogens is 1. The maximum absolute atomic E-state index is 14.3. The first-order chi connectivity index (χ1) is 14.5. The largest absolute Gasteiger partial charge is 0.494 e. The average Bonchev–Trinajstić information content (AvgIpc) is 2.74. The second-order valence-electron chi connectivity index (χ2n) is 8.11. The van der Waals surface area contributed by atoms with E-state index in [2.05, 4.69) is 36.2 Å². The zero-order valence-electron chi connectivity index (χ0n) is 17.7. The van der Waals surface area contributed by atoms with Gasteiger partial charge in [0.15, 0.2) is 11.6 Å². The van der Waals surface area contributed by atoms with Crippen molar-refractivity contribution >= 4 is 11.5 Å². The molecule has 158 valence electrons. The lowest BCUT2D eigenvalue weighted by Gasteiger charge is -2.36. The summed E-state index contributed by atoms with van der Waals surface area (Å²) in [6, 6.07) is 5.27. The van der Waals surface area contributed by atoms with Crippen molar-refractivity contribution < 1.29 is 13.9 Å². The van der Waals surface area contributed by atoms with E-state index < -0.39 is 5.82 Å². The third kappa shape index (κ3) is 4.05. The summed E-state index contributed by atoms with van der Waals surface area (Å²) in [6.45, 7) is 6.96. The molecule has 0 spiro atoms. The minimum atomic E-state index is -0.426. The van der Waals surface area contributed by atoms with Crippen LogP contribution in [0.2, 0.25) is 0 Å². The number of fused-ring (bicyclic) bond motifs is 1. The van der Waals surface area contributed by atoms with Gasteiger partial charge in [-0.25, -0.2) is 4.39 Å². The van der Waals surface area contributed by atoms with Gasteiger partial charge >= 0.3 is 0 Å². The van der Waals surface area contributed by atoms with Crippen LogP contribution in [0.5, 0.6) is 5.75 Å². The number of hydrogen-bond donors (Lipinski definition) is 1. The maximum Gasteiger partial charge on any atom is 0.255 e. The zero-order valence-corrected chi connectivity index (χ0v) is 17.7. The predicted octanol–water partition coefficient (Wildman–Crippen LogP) is 3.67. The third-order valence-corrected chi connectivity index (χ3v) is 5.91. The first-order valence-corrected chi connectivity index (χ1v) is 10.4. The summed E-state index contributed by atoms with van der Waals surface area (Å²) < 4.78 is 19.3. The molecule has 1 N–H and O–H groups in total. The quantitative estimate of drug-likeness (QED) is 0.827. The molecule has 0 saturated carbocycles. The first kappa shape index (κ1) is 20.4. The molecule has 0 aliphatic carbocycles. The fourth-order valence-electron chi connectivity index (χ4n) is 4.20. The molecule has 1 amide bonds. The van der Waals surface area contributed by atoms with Crippen molar-refractivity contribution in [2.24, 2.45) is 5.92 Å². The lowest BCUT2D eigenvalue weighted by Crippen LogP contribution is -2.48. The van der Waals surface area contributed by atoms with Gasteiger partial charge in [0.05, 0.1) is 12.8 Å². The normalized spacial score (nSPS) is 24.4. The molecule has 0 bridgehead atoms. The Morgan fingerprint density at radius 2 is 2.00 bits per heavy atom.